The van der Waals surface area contributed by atoms with Crippen LogP contribution in [0.1, 0.15) is 12.0 Å². The Kier molecular flexibility index (Phi) is 3.40. The molecule has 1 aromatic rings. The van der Waals surface area contributed by atoms with Gasteiger partial charge in [-0.1, -0.05) is 0 Å². The van der Waals surface area contributed by atoms with Gasteiger partial charge in [0.15, 0.2) is 0 Å². The van der Waals surface area contributed by atoms with Gasteiger partial charge in [-0.15, -0.1) is 0 Å². The van der Waals surface area contributed by atoms with Gasteiger partial charge in [-0.3, -0.25) is 0 Å². The van der Waals surface area contributed by atoms with Crippen molar-refractivity contribution in [1.29, 1.82) is 0 Å². The number of nitrogens with zero attached hydrogens (tertiary/aromatic N) is 1. The van der Waals surface area contributed by atoms with E-state index in [0.29, 0.717) is 5.92 Å². The number of nitrogens with two attached hydrogens (primary N) is 1. The van der Waals surface area contributed by atoms with E-state index in [2.05, 4.69) is 26.9 Å². The maximum Gasteiger partial charge on any atom is 0.0514 e. The minimum absolute atomic E-state index is 0.280. The van der Waals surface area contributed by atoms with Crippen LogP contribution in [0.5, 0.6) is 0 Å². The average Bonchev–Trinajstić information content (AvgIpc) is 2.71. The largest absolute Gasteiger partial charge is 0.398 e. The Labute approximate surface area is 104 Å². The molecule has 3 N–H and O–H groups in total. The number of benzene rings is 1. The van der Waals surface area contributed by atoms with E-state index in [1.807, 2.05) is 13.0 Å². The molecule has 16 heavy (non-hydrogen) atoms. The molecule has 1 aliphatic rings. The fraction of sp³-hybridized carbons (Fsp3) is 0.500. The fourth-order valence-corrected chi connectivity index (χ4v) is 2.74. The van der Waals surface area contributed by atoms with E-state index >= 15 is 0 Å². The van der Waals surface area contributed by atoms with E-state index < -0.39 is 0 Å². The molecule has 3 nitrogen and oxygen atoms in total. The standard InChI is InChI=1S/C12H17BrN2O/c1-8-4-12(10(13)5-11(8)14)15-3-2-9(6-15)7-16/h4-5,9,16H,2-3,6-7,14H2,1H3. The Morgan fingerprint density at radius 1 is 1.56 bits per heavy atom. The summed E-state index contributed by atoms with van der Waals surface area (Å²) in [5, 5.41) is 9.14. The number of rotatable bonds is 2. The third-order valence-electron chi connectivity index (χ3n) is 3.22. The van der Waals surface area contributed by atoms with Gasteiger partial charge in [0.2, 0.25) is 0 Å². The van der Waals surface area contributed by atoms with Crippen molar-refractivity contribution in [1.82, 2.24) is 0 Å². The van der Waals surface area contributed by atoms with Crippen LogP contribution in [0.4, 0.5) is 11.4 Å². The van der Waals surface area contributed by atoms with Gasteiger partial charge < -0.3 is 15.7 Å². The molecule has 0 amide bonds. The van der Waals surface area contributed by atoms with Gasteiger partial charge in [0, 0.05) is 35.8 Å². The second kappa shape index (κ2) is 4.63. The lowest BCUT2D eigenvalue weighted by Gasteiger charge is -2.21. The Morgan fingerprint density at radius 3 is 2.94 bits per heavy atom. The quantitative estimate of drug-likeness (QED) is 0.819. The van der Waals surface area contributed by atoms with Crippen molar-refractivity contribution in [3.63, 3.8) is 0 Å². The highest BCUT2D eigenvalue weighted by atomic mass is 79.9. The molecular weight excluding hydrogens is 268 g/mol. The second-order valence-electron chi connectivity index (χ2n) is 4.44. The van der Waals surface area contributed by atoms with Crippen LogP contribution in [0, 0.1) is 12.8 Å². The molecule has 1 saturated heterocycles. The van der Waals surface area contributed by atoms with Gasteiger partial charge in [-0.05, 0) is 47.0 Å². The summed E-state index contributed by atoms with van der Waals surface area (Å²) < 4.78 is 1.04. The minimum atomic E-state index is 0.280. The first kappa shape index (κ1) is 11.7. The van der Waals surface area contributed by atoms with Crippen LogP contribution < -0.4 is 10.6 Å². The van der Waals surface area contributed by atoms with Crippen LogP contribution >= 0.6 is 15.9 Å². The van der Waals surface area contributed by atoms with Crippen molar-refractivity contribution in [3.8, 4) is 0 Å². The topological polar surface area (TPSA) is 49.5 Å². The number of aryl methyl sites for hydroxylation is 1. The highest BCUT2D eigenvalue weighted by Crippen LogP contribution is 2.33. The highest BCUT2D eigenvalue weighted by molar-refractivity contribution is 9.10. The maximum atomic E-state index is 9.14. The lowest BCUT2D eigenvalue weighted by atomic mass is 10.1. The average molecular weight is 285 g/mol. The summed E-state index contributed by atoms with van der Waals surface area (Å²) in [4.78, 5) is 2.30. The van der Waals surface area contributed by atoms with Gasteiger partial charge in [-0.2, -0.15) is 0 Å². The van der Waals surface area contributed by atoms with E-state index in [0.717, 1.165) is 35.2 Å². The summed E-state index contributed by atoms with van der Waals surface area (Å²) in [7, 11) is 0. The number of halogens is 1. The van der Waals surface area contributed by atoms with E-state index in [1.54, 1.807) is 0 Å². The lowest BCUT2D eigenvalue weighted by Crippen LogP contribution is -2.21. The van der Waals surface area contributed by atoms with Crippen LogP contribution in [-0.2, 0) is 0 Å². The summed E-state index contributed by atoms with van der Waals surface area (Å²) in [5.74, 6) is 0.407. The molecule has 1 atom stereocenters. The molecule has 0 bridgehead atoms. The van der Waals surface area contributed by atoms with Crippen molar-refractivity contribution >= 4 is 27.3 Å². The zero-order chi connectivity index (χ0) is 11.7. The number of aliphatic hydroxyl groups is 1. The molecule has 1 aromatic carbocycles. The third-order valence-corrected chi connectivity index (χ3v) is 3.86. The molecule has 1 heterocycles. The van der Waals surface area contributed by atoms with Gasteiger partial charge in [-0.25, -0.2) is 0 Å². The molecule has 1 aliphatic heterocycles. The SMILES string of the molecule is Cc1cc(N2CCC(CO)C2)c(Br)cc1N. The summed E-state index contributed by atoms with van der Waals surface area (Å²) >= 11 is 3.55. The van der Waals surface area contributed by atoms with Crippen LogP contribution in [0.25, 0.3) is 0 Å². The lowest BCUT2D eigenvalue weighted by molar-refractivity contribution is 0.238. The third kappa shape index (κ3) is 2.18. The number of nitrogen functional groups attached to an aromatic ring is 1. The molecule has 0 aromatic heterocycles. The number of aliphatic hydroxyl groups excluding tert-OH is 1. The Morgan fingerprint density at radius 2 is 2.31 bits per heavy atom. The zero-order valence-electron chi connectivity index (χ0n) is 9.41. The van der Waals surface area contributed by atoms with Crippen molar-refractivity contribution in [3.05, 3.63) is 22.2 Å². The molecule has 4 heteroatoms. The number of anilines is 2. The molecule has 2 rings (SSSR count). The van der Waals surface area contributed by atoms with Gasteiger partial charge in [0.1, 0.15) is 0 Å². The Bertz CT molecular complexity index is 395. The van der Waals surface area contributed by atoms with Crippen molar-refractivity contribution < 1.29 is 5.11 Å². The van der Waals surface area contributed by atoms with E-state index in [9.17, 15) is 0 Å². The van der Waals surface area contributed by atoms with Crippen LogP contribution in [0.2, 0.25) is 0 Å². The number of hydrogen-bond acceptors (Lipinski definition) is 3. The maximum absolute atomic E-state index is 9.14. The smallest absolute Gasteiger partial charge is 0.0514 e. The summed E-state index contributed by atoms with van der Waals surface area (Å²) in [6, 6.07) is 4.07. The van der Waals surface area contributed by atoms with Gasteiger partial charge >= 0.3 is 0 Å². The first-order valence-corrected chi connectivity index (χ1v) is 6.32. The molecule has 0 aliphatic carbocycles. The van der Waals surface area contributed by atoms with E-state index in [-0.39, 0.29) is 6.61 Å². The normalized spacial score (nSPS) is 20.4. The molecule has 88 valence electrons. The highest BCUT2D eigenvalue weighted by Gasteiger charge is 2.23. The van der Waals surface area contributed by atoms with Gasteiger partial charge in [0.05, 0.1) is 5.69 Å². The molecule has 1 unspecified atom stereocenters. The molecular formula is C12H17BrN2O. The van der Waals surface area contributed by atoms with Crippen molar-refractivity contribution in [2.45, 2.75) is 13.3 Å². The molecule has 0 radical (unpaired) electrons. The molecule has 0 saturated carbocycles. The zero-order valence-corrected chi connectivity index (χ0v) is 11.0. The minimum Gasteiger partial charge on any atom is -0.398 e. The van der Waals surface area contributed by atoms with Crippen LogP contribution in [-0.4, -0.2) is 24.8 Å². The number of hydrogen-bond donors (Lipinski definition) is 2. The summed E-state index contributed by atoms with van der Waals surface area (Å²) in [6.07, 6.45) is 1.06. The fourth-order valence-electron chi connectivity index (χ4n) is 2.12. The predicted molar refractivity (Wildman–Crippen MR) is 70.7 cm³/mol. The first-order chi connectivity index (χ1) is 7.61. The predicted octanol–water partition coefficient (Wildman–Crippen LogP) is 2.16. The van der Waals surface area contributed by atoms with Crippen molar-refractivity contribution in [2.24, 2.45) is 5.92 Å². The van der Waals surface area contributed by atoms with Crippen LogP contribution in [0.15, 0.2) is 16.6 Å². The second-order valence-corrected chi connectivity index (χ2v) is 5.30. The molecule has 1 fully saturated rings. The molecule has 0 spiro atoms. The van der Waals surface area contributed by atoms with Crippen molar-refractivity contribution in [2.75, 3.05) is 30.3 Å². The van der Waals surface area contributed by atoms with Gasteiger partial charge in [0.25, 0.3) is 0 Å². The monoisotopic (exact) mass is 284 g/mol. The summed E-state index contributed by atoms with van der Waals surface area (Å²) in [6.45, 7) is 4.23. The first-order valence-electron chi connectivity index (χ1n) is 5.53. The Balaban J connectivity index is 2.24. The van der Waals surface area contributed by atoms with E-state index in [4.69, 9.17) is 10.8 Å². The van der Waals surface area contributed by atoms with Crippen LogP contribution in [0.3, 0.4) is 0 Å². The van der Waals surface area contributed by atoms with E-state index in [1.165, 1.54) is 5.69 Å². The summed E-state index contributed by atoms with van der Waals surface area (Å²) in [5.41, 5.74) is 8.95. The Hall–Kier alpha value is -0.740.